The molecular formula is C36H29NO2. The van der Waals surface area contributed by atoms with Crippen LogP contribution < -0.4 is 14.4 Å². The lowest BCUT2D eigenvalue weighted by Crippen LogP contribution is -2.34. The van der Waals surface area contributed by atoms with Crippen LogP contribution in [-0.2, 0) is 5.60 Å². The van der Waals surface area contributed by atoms with Crippen molar-refractivity contribution in [1.29, 1.82) is 0 Å². The number of ether oxygens (including phenoxy) is 2. The number of rotatable bonds is 4. The molecule has 0 radical (unpaired) electrons. The molecule has 3 heteroatoms. The molecule has 0 N–H and O–H groups in total. The Kier molecular flexibility index (Phi) is 5.34. The smallest absolute Gasteiger partial charge is 0.178 e. The molecule has 39 heavy (non-hydrogen) atoms. The van der Waals surface area contributed by atoms with E-state index in [0.717, 1.165) is 33.9 Å². The summed E-state index contributed by atoms with van der Waals surface area (Å²) in [5.74, 6) is 1.69. The number of hydrogen-bond acceptors (Lipinski definition) is 3. The molecule has 1 unspecified atom stereocenters. The van der Waals surface area contributed by atoms with E-state index in [1.807, 2.05) is 12.1 Å². The molecule has 0 fully saturated rings. The molecular weight excluding hydrogens is 478 g/mol. The van der Waals surface area contributed by atoms with Gasteiger partial charge in [-0.15, -0.1) is 0 Å². The summed E-state index contributed by atoms with van der Waals surface area (Å²) in [6.07, 6.45) is 4.41. The monoisotopic (exact) mass is 507 g/mol. The summed E-state index contributed by atoms with van der Waals surface area (Å²) in [6.45, 7) is 0. The molecule has 0 saturated carbocycles. The average molecular weight is 508 g/mol. The quantitative estimate of drug-likeness (QED) is 0.223. The Morgan fingerprint density at radius 2 is 1.13 bits per heavy atom. The third kappa shape index (κ3) is 3.65. The molecule has 0 bridgehead atoms. The number of fused-ring (bicyclic) bond motifs is 7. The zero-order valence-electron chi connectivity index (χ0n) is 22.3. The van der Waals surface area contributed by atoms with Crippen molar-refractivity contribution in [3.05, 3.63) is 132 Å². The van der Waals surface area contributed by atoms with Gasteiger partial charge in [-0.3, -0.25) is 0 Å². The van der Waals surface area contributed by atoms with Crippen molar-refractivity contribution in [3.8, 4) is 11.5 Å². The molecule has 0 aromatic heterocycles. The van der Waals surface area contributed by atoms with Gasteiger partial charge < -0.3 is 14.4 Å². The second-order valence-electron chi connectivity index (χ2n) is 10.4. The van der Waals surface area contributed by atoms with Gasteiger partial charge in [0.15, 0.2) is 5.60 Å². The second-order valence-corrected chi connectivity index (χ2v) is 10.4. The van der Waals surface area contributed by atoms with Crippen molar-refractivity contribution >= 4 is 44.1 Å². The van der Waals surface area contributed by atoms with Crippen LogP contribution in [0.2, 0.25) is 0 Å². The summed E-state index contributed by atoms with van der Waals surface area (Å²) < 4.78 is 12.5. The Labute approximate surface area is 228 Å². The van der Waals surface area contributed by atoms with Crippen molar-refractivity contribution in [2.75, 3.05) is 26.1 Å². The van der Waals surface area contributed by atoms with Crippen LogP contribution in [0.3, 0.4) is 0 Å². The molecule has 1 heterocycles. The number of methoxy groups -OCH3 is 1. The van der Waals surface area contributed by atoms with Gasteiger partial charge in [-0.1, -0.05) is 78.9 Å². The minimum Gasteiger partial charge on any atom is -0.497 e. The highest BCUT2D eigenvalue weighted by Crippen LogP contribution is 2.46. The first-order valence-corrected chi connectivity index (χ1v) is 13.3. The van der Waals surface area contributed by atoms with Gasteiger partial charge in [0, 0.05) is 36.5 Å². The van der Waals surface area contributed by atoms with E-state index in [1.165, 1.54) is 32.3 Å². The summed E-state index contributed by atoms with van der Waals surface area (Å²) in [6, 6.07) is 38.7. The zero-order valence-corrected chi connectivity index (χ0v) is 22.3. The SMILES string of the molecule is COc1ccc(C2(c3ccc(N(C)C)cc3)C=Cc3cc4c5ccccc5c5ccccc5c4cc3O2)cc1. The van der Waals surface area contributed by atoms with Crippen molar-refractivity contribution in [2.45, 2.75) is 5.60 Å². The van der Waals surface area contributed by atoms with E-state index >= 15 is 0 Å². The third-order valence-corrected chi connectivity index (χ3v) is 7.97. The molecule has 1 aliphatic heterocycles. The molecule has 6 aromatic carbocycles. The van der Waals surface area contributed by atoms with Crippen LogP contribution in [0.5, 0.6) is 11.5 Å². The summed E-state index contributed by atoms with van der Waals surface area (Å²) in [7, 11) is 5.80. The molecule has 0 saturated heterocycles. The lowest BCUT2D eigenvalue weighted by Gasteiger charge is -2.36. The van der Waals surface area contributed by atoms with Crippen LogP contribution >= 0.6 is 0 Å². The normalized spacial score (nSPS) is 16.3. The molecule has 0 amide bonds. The molecule has 6 aromatic rings. The van der Waals surface area contributed by atoms with E-state index in [2.05, 4.69) is 128 Å². The molecule has 0 aliphatic carbocycles. The Hall–Kier alpha value is -4.76. The van der Waals surface area contributed by atoms with E-state index in [9.17, 15) is 0 Å². The van der Waals surface area contributed by atoms with Gasteiger partial charge in [0.2, 0.25) is 0 Å². The Morgan fingerprint density at radius 1 is 0.615 bits per heavy atom. The van der Waals surface area contributed by atoms with Crippen LogP contribution in [0.1, 0.15) is 16.7 Å². The molecule has 190 valence electrons. The molecule has 7 rings (SSSR count). The van der Waals surface area contributed by atoms with Crippen molar-refractivity contribution in [1.82, 2.24) is 0 Å². The molecule has 1 atom stereocenters. The average Bonchev–Trinajstić information content (AvgIpc) is 3.00. The van der Waals surface area contributed by atoms with Crippen LogP contribution in [-0.4, -0.2) is 21.2 Å². The minimum atomic E-state index is -0.773. The van der Waals surface area contributed by atoms with Crippen molar-refractivity contribution < 1.29 is 9.47 Å². The molecule has 0 spiro atoms. The first kappa shape index (κ1) is 23.4. The Morgan fingerprint density at radius 3 is 1.67 bits per heavy atom. The number of nitrogens with zero attached hydrogens (tertiary/aromatic N) is 1. The van der Waals surface area contributed by atoms with E-state index in [1.54, 1.807) is 7.11 Å². The summed E-state index contributed by atoms with van der Waals surface area (Å²) in [5, 5.41) is 7.46. The van der Waals surface area contributed by atoms with Crippen molar-refractivity contribution in [2.24, 2.45) is 0 Å². The largest absolute Gasteiger partial charge is 0.497 e. The van der Waals surface area contributed by atoms with Crippen LogP contribution in [0.25, 0.3) is 38.4 Å². The number of benzene rings is 6. The predicted octanol–water partition coefficient (Wildman–Crippen LogP) is 8.57. The minimum absolute atomic E-state index is 0.773. The summed E-state index contributed by atoms with van der Waals surface area (Å²) >= 11 is 0. The highest BCUT2D eigenvalue weighted by Gasteiger charge is 2.37. The van der Waals surface area contributed by atoms with Gasteiger partial charge in [0.25, 0.3) is 0 Å². The molecule has 1 aliphatic rings. The predicted molar refractivity (Wildman–Crippen MR) is 163 cm³/mol. The highest BCUT2D eigenvalue weighted by molar-refractivity contribution is 6.25. The van der Waals surface area contributed by atoms with Crippen LogP contribution in [0.15, 0.2) is 115 Å². The maximum absolute atomic E-state index is 7.09. The molecule has 3 nitrogen and oxygen atoms in total. The Bertz CT molecular complexity index is 1890. The summed E-state index contributed by atoms with van der Waals surface area (Å²) in [4.78, 5) is 2.11. The van der Waals surface area contributed by atoms with Gasteiger partial charge in [-0.25, -0.2) is 0 Å². The Balaban J connectivity index is 1.47. The lowest BCUT2D eigenvalue weighted by atomic mass is 9.83. The lowest BCUT2D eigenvalue weighted by molar-refractivity contribution is 0.161. The number of hydrogen-bond donors (Lipinski definition) is 0. The van der Waals surface area contributed by atoms with Crippen LogP contribution in [0, 0.1) is 0 Å². The van der Waals surface area contributed by atoms with Gasteiger partial charge >= 0.3 is 0 Å². The highest BCUT2D eigenvalue weighted by atomic mass is 16.5. The van der Waals surface area contributed by atoms with Crippen molar-refractivity contribution in [3.63, 3.8) is 0 Å². The first-order valence-electron chi connectivity index (χ1n) is 13.3. The van der Waals surface area contributed by atoms with Crippen LogP contribution in [0.4, 0.5) is 5.69 Å². The van der Waals surface area contributed by atoms with E-state index in [4.69, 9.17) is 9.47 Å². The van der Waals surface area contributed by atoms with Gasteiger partial charge in [0.1, 0.15) is 11.5 Å². The maximum Gasteiger partial charge on any atom is 0.178 e. The van der Waals surface area contributed by atoms with E-state index in [-0.39, 0.29) is 0 Å². The maximum atomic E-state index is 7.09. The van der Waals surface area contributed by atoms with Gasteiger partial charge in [0.05, 0.1) is 7.11 Å². The zero-order chi connectivity index (χ0) is 26.6. The van der Waals surface area contributed by atoms with Gasteiger partial charge in [-0.05, 0) is 74.8 Å². The first-order chi connectivity index (χ1) is 19.1. The van der Waals surface area contributed by atoms with E-state index < -0.39 is 5.60 Å². The fourth-order valence-electron chi connectivity index (χ4n) is 5.90. The summed E-state index contributed by atoms with van der Waals surface area (Å²) in [5.41, 5.74) is 3.57. The standard InChI is InChI=1S/C36H29NO2/c1-37(2)27-16-12-25(13-17-27)36(26-14-18-28(38-3)19-15-26)21-20-24-22-33-31-10-6-4-8-29(31)30-9-5-7-11-32(30)34(33)23-35(24)39-36/h4-23H,1-3H3. The third-order valence-electron chi connectivity index (χ3n) is 7.97. The number of anilines is 1. The fraction of sp³-hybridized carbons (Fsp3) is 0.111. The van der Waals surface area contributed by atoms with Gasteiger partial charge in [-0.2, -0.15) is 0 Å². The van der Waals surface area contributed by atoms with E-state index in [0.29, 0.717) is 0 Å². The second kappa shape index (κ2) is 8.92. The topological polar surface area (TPSA) is 21.7 Å². The fourth-order valence-corrected chi connectivity index (χ4v) is 5.90.